The topological polar surface area (TPSA) is 275 Å². The first-order valence-corrected chi connectivity index (χ1v) is 25.8. The Bertz CT molecular complexity index is 5120. The van der Waals surface area contributed by atoms with E-state index in [1.54, 1.807) is 0 Å². The van der Waals surface area contributed by atoms with Gasteiger partial charge in [-0.15, -0.1) is 0 Å². The number of halogens is 18. The van der Waals surface area contributed by atoms with Crippen LogP contribution in [-0.4, -0.2) is 30.6 Å². The lowest BCUT2D eigenvalue weighted by molar-refractivity contribution is -0.138. The van der Waals surface area contributed by atoms with Crippen molar-refractivity contribution in [3.8, 4) is 101 Å². The molecule has 0 aliphatic rings. The molecular weight excluding hydrogens is 1340 g/mol. The summed E-state index contributed by atoms with van der Waals surface area (Å²) in [4.78, 5) is 97.8. The van der Waals surface area contributed by atoms with E-state index in [4.69, 9.17) is 30.6 Å². The largest absolute Gasteiger partial charge is 0.504 e. The Morgan fingerprint density at radius 1 is 0.208 bits per heavy atom. The molecule has 0 aliphatic heterocycles. The average Bonchev–Trinajstić information content (AvgIpc) is 1.14. The number of rotatable bonds is 6. The van der Waals surface area contributed by atoms with Crippen LogP contribution in [0.15, 0.2) is 189 Å². The van der Waals surface area contributed by atoms with Crippen molar-refractivity contribution >= 4 is 0 Å². The molecule has 0 aliphatic carbocycles. The SMILES string of the molecule is O=c1c(O)c(-c2ccc(C(F)(F)F)cc2)c1=O.O=c1c(O)c(-c2cccc(C(F)(F)F)c2)c1=O.O=c1c(O)c(-c2ccccc2C(F)(F)F)c1=O.O=c1c(O)c1-c1ccc(C(F)(F)F)cc1.O=c1c(O)c1-c1cccc(C(F)(F)F)c1.O=c1c(O)c1-c1ccccc1C(F)(F)F. The van der Waals surface area contributed by atoms with E-state index in [1.807, 2.05) is 0 Å². The van der Waals surface area contributed by atoms with Gasteiger partial charge in [-0.05, 0) is 82.9 Å². The molecule has 0 atom stereocenters. The number of benzene rings is 6. The van der Waals surface area contributed by atoms with Crippen molar-refractivity contribution < 1.29 is 110 Å². The van der Waals surface area contributed by atoms with Gasteiger partial charge < -0.3 is 30.6 Å². The molecule has 0 unspecified atom stereocenters. The monoisotopic (exact) mass is 1370 g/mol. The van der Waals surface area contributed by atoms with Crippen LogP contribution < -0.4 is 48.9 Å². The minimum Gasteiger partial charge on any atom is -0.504 e. The van der Waals surface area contributed by atoms with Gasteiger partial charge >= 0.3 is 37.1 Å². The van der Waals surface area contributed by atoms with Crippen LogP contribution in [0.1, 0.15) is 33.4 Å². The molecule has 96 heavy (non-hydrogen) atoms. The Morgan fingerprint density at radius 2 is 0.448 bits per heavy atom. The first kappa shape index (κ1) is 71.8. The highest BCUT2D eigenvalue weighted by Gasteiger charge is 2.40. The third-order valence-electron chi connectivity index (χ3n) is 13.5. The molecule has 6 N–H and O–H groups in total. The van der Waals surface area contributed by atoms with Crippen molar-refractivity contribution in [2.75, 3.05) is 0 Å². The van der Waals surface area contributed by atoms with Crippen molar-refractivity contribution in [3.63, 3.8) is 0 Å². The second kappa shape index (κ2) is 26.0. The molecule has 12 aromatic rings. The maximum absolute atomic E-state index is 12.6. The van der Waals surface area contributed by atoms with Crippen LogP contribution in [0.2, 0.25) is 0 Å². The van der Waals surface area contributed by atoms with Crippen LogP contribution in [0.3, 0.4) is 0 Å². The van der Waals surface area contributed by atoms with E-state index in [1.165, 1.54) is 54.6 Å². The minimum absolute atomic E-state index is 0.0268. The molecule has 15 nitrogen and oxygen atoms in total. The van der Waals surface area contributed by atoms with Gasteiger partial charge in [-0.1, -0.05) is 84.9 Å². The number of alkyl halides is 18. The molecule has 0 saturated carbocycles. The molecule has 0 bridgehead atoms. The lowest BCUT2D eigenvalue weighted by Crippen LogP contribution is -2.32. The Hall–Kier alpha value is -11.7. The molecule has 498 valence electrons. The van der Waals surface area contributed by atoms with Gasteiger partial charge in [0.25, 0.3) is 16.3 Å². The third-order valence-corrected chi connectivity index (χ3v) is 13.5. The maximum atomic E-state index is 12.6. The van der Waals surface area contributed by atoms with Crippen molar-refractivity contribution in [1.29, 1.82) is 0 Å². The zero-order chi connectivity index (χ0) is 72.0. The average molecular weight is 1370 g/mol. The van der Waals surface area contributed by atoms with E-state index in [0.29, 0.717) is 5.56 Å². The molecule has 12 aromatic carbocycles. The van der Waals surface area contributed by atoms with Gasteiger partial charge in [0.15, 0.2) is 34.5 Å². The summed E-state index contributed by atoms with van der Waals surface area (Å²) in [6.45, 7) is 0. The summed E-state index contributed by atoms with van der Waals surface area (Å²) in [5, 5.41) is 54.0. The van der Waals surface area contributed by atoms with Gasteiger partial charge in [-0.25, -0.2) is 0 Å². The zero-order valence-electron chi connectivity index (χ0n) is 46.5. The van der Waals surface area contributed by atoms with Crippen LogP contribution in [-0.2, 0) is 37.1 Å². The van der Waals surface area contributed by atoms with Crippen LogP contribution in [0.4, 0.5) is 79.0 Å². The third kappa shape index (κ3) is 15.4. The molecule has 0 heterocycles. The van der Waals surface area contributed by atoms with Gasteiger partial charge in [0.2, 0.25) is 32.6 Å². The second-order valence-corrected chi connectivity index (χ2v) is 19.7. The van der Waals surface area contributed by atoms with Crippen LogP contribution in [0.25, 0.3) is 66.8 Å². The summed E-state index contributed by atoms with van der Waals surface area (Å²) in [7, 11) is 0. The van der Waals surface area contributed by atoms with Crippen LogP contribution in [0, 0.1) is 0 Å². The number of hydrogen-bond acceptors (Lipinski definition) is 15. The van der Waals surface area contributed by atoms with Crippen molar-refractivity contribution in [2.45, 2.75) is 37.1 Å². The van der Waals surface area contributed by atoms with Gasteiger partial charge in [-0.3, -0.25) is 43.2 Å². The predicted molar refractivity (Wildman–Crippen MR) is 302 cm³/mol. The summed E-state index contributed by atoms with van der Waals surface area (Å²) in [5.41, 5.74) is -15.0. The van der Waals surface area contributed by atoms with E-state index < -0.39 is 159 Å². The highest BCUT2D eigenvalue weighted by molar-refractivity contribution is 5.83. The number of aromatic hydroxyl groups is 6. The van der Waals surface area contributed by atoms with Crippen LogP contribution in [0.5, 0.6) is 34.5 Å². The molecular formula is C63H30F18O15. The van der Waals surface area contributed by atoms with E-state index in [0.717, 1.165) is 91.0 Å². The molecule has 0 aromatic heterocycles. The molecule has 33 heteroatoms. The molecule has 0 fully saturated rings. The van der Waals surface area contributed by atoms with Gasteiger partial charge in [0.1, 0.15) is 0 Å². The van der Waals surface area contributed by atoms with Crippen LogP contribution >= 0.6 is 0 Å². The lowest BCUT2D eigenvalue weighted by Gasteiger charge is -2.13. The van der Waals surface area contributed by atoms with Crippen molar-refractivity contribution in [3.05, 3.63) is 271 Å². The Morgan fingerprint density at radius 3 is 0.708 bits per heavy atom. The molecule has 0 radical (unpaired) electrons. The quantitative estimate of drug-likeness (QED) is 0.0667. The van der Waals surface area contributed by atoms with Crippen molar-refractivity contribution in [1.82, 2.24) is 0 Å². The Labute approximate surface area is 517 Å². The van der Waals surface area contributed by atoms with Gasteiger partial charge in [0, 0.05) is 11.1 Å². The first-order valence-electron chi connectivity index (χ1n) is 25.8. The standard InChI is InChI=1S/3C11H5F3O3.3C10H5F3O2/c12-11(13,14)6-3-1-5(2-4-6)7-8(15)10(17)9(7)16;12-11(13,14)6-3-1-2-5(4-6)7-8(15)10(17)9(7)16;12-11(13,14)6-4-2-1-3-5(6)7-8(15)10(17)9(7)16;11-10(12,13)6-3-1-5(2-4-6)7-8(14)9(7)15;11-10(12,13)6-3-1-2-5(4-6)7-8(14)9(7)15;11-10(12,13)6-4-2-1-3-5(6)7-8(14)9(7)15/h3*1-4,15H;3*1-4,14H. The predicted octanol–water partition coefficient (Wildman–Crippen LogP) is 12.0. The Kier molecular flexibility index (Phi) is 19.5. The maximum Gasteiger partial charge on any atom is 0.417 e. The highest BCUT2D eigenvalue weighted by atomic mass is 19.4. The number of hydrogen-bond donors (Lipinski definition) is 6. The molecule has 0 saturated heterocycles. The summed E-state index contributed by atoms with van der Waals surface area (Å²) >= 11 is 0. The zero-order valence-corrected chi connectivity index (χ0v) is 46.5. The van der Waals surface area contributed by atoms with E-state index in [9.17, 15) is 122 Å². The first-order chi connectivity index (χ1) is 44.2. The normalized spacial score (nSPS) is 12.1. The van der Waals surface area contributed by atoms with Gasteiger partial charge in [-0.2, -0.15) is 79.0 Å². The summed E-state index contributed by atoms with van der Waals surface area (Å²) in [6.07, 6.45) is -27.0. The van der Waals surface area contributed by atoms with Crippen molar-refractivity contribution in [2.24, 2.45) is 0 Å². The molecule has 12 rings (SSSR count). The smallest absolute Gasteiger partial charge is 0.417 e. The van der Waals surface area contributed by atoms with E-state index in [-0.39, 0.29) is 55.8 Å². The lowest BCUT2D eigenvalue weighted by atomic mass is 9.95. The highest BCUT2D eigenvalue weighted by Crippen LogP contribution is 2.43. The second-order valence-electron chi connectivity index (χ2n) is 19.7. The summed E-state index contributed by atoms with van der Waals surface area (Å²) in [6, 6.07) is 24.9. The summed E-state index contributed by atoms with van der Waals surface area (Å²) in [5.74, 6) is -3.79. The van der Waals surface area contributed by atoms with Gasteiger partial charge in [0.05, 0.1) is 66.8 Å². The fraction of sp³-hybridized carbons (Fsp3) is 0.0952. The van der Waals surface area contributed by atoms with E-state index >= 15 is 0 Å². The van der Waals surface area contributed by atoms with E-state index in [2.05, 4.69) is 0 Å². The summed E-state index contributed by atoms with van der Waals surface area (Å²) < 4.78 is 223. The Balaban J connectivity index is 0.000000163. The molecule has 0 spiro atoms. The molecule has 0 amide bonds. The fourth-order valence-electron chi connectivity index (χ4n) is 8.44. The fourth-order valence-corrected chi connectivity index (χ4v) is 8.44. The minimum atomic E-state index is -4.65.